The number of amides is 1. The van der Waals surface area contributed by atoms with Crippen molar-refractivity contribution < 1.29 is 9.53 Å². The van der Waals surface area contributed by atoms with Gasteiger partial charge in [-0.05, 0) is 81.6 Å². The average molecular weight is 543 g/mol. The van der Waals surface area contributed by atoms with E-state index in [1.165, 1.54) is 50.7 Å². The van der Waals surface area contributed by atoms with Gasteiger partial charge in [0.2, 0.25) is 11.8 Å². The minimum absolute atomic E-state index is 0.292. The normalized spacial score (nSPS) is 16.8. The van der Waals surface area contributed by atoms with Crippen LogP contribution >= 0.6 is 0 Å². The molecule has 1 aromatic carbocycles. The summed E-state index contributed by atoms with van der Waals surface area (Å²) in [6.07, 6.45) is 8.28. The fraction of sp³-hybridized carbons (Fsp3) is 0.400. The number of carbonyl (C=O) groups excluding carboxylic acids is 1. The highest BCUT2D eigenvalue weighted by Gasteiger charge is 2.36. The second kappa shape index (κ2) is 12.3. The molecule has 1 spiro atoms. The number of hydrogen-bond donors (Lipinski definition) is 3. The summed E-state index contributed by atoms with van der Waals surface area (Å²) in [6.45, 7) is 8.62. The molecule has 3 aromatic rings. The zero-order chi connectivity index (χ0) is 28.0. The number of piperidine rings is 2. The van der Waals surface area contributed by atoms with E-state index in [1.807, 2.05) is 18.2 Å². The first-order valence-electron chi connectivity index (χ1n) is 13.8. The van der Waals surface area contributed by atoms with Crippen molar-refractivity contribution in [2.75, 3.05) is 62.4 Å². The number of nitrogens with zero attached hydrogens (tertiary/aromatic N) is 5. The summed E-state index contributed by atoms with van der Waals surface area (Å²) in [6, 6.07) is 13.7. The van der Waals surface area contributed by atoms with Gasteiger partial charge in [0, 0.05) is 43.3 Å². The third-order valence-corrected chi connectivity index (χ3v) is 7.98. The largest absolute Gasteiger partial charge is 0.481 e. The third kappa shape index (κ3) is 6.51. The fourth-order valence-electron chi connectivity index (χ4n) is 5.40. The number of methoxy groups -OCH3 is 1. The zero-order valence-corrected chi connectivity index (χ0v) is 23.3. The number of pyridine rings is 1. The van der Waals surface area contributed by atoms with Gasteiger partial charge in [0.1, 0.15) is 17.2 Å². The number of carbonyl (C=O) groups is 1. The molecule has 2 aliphatic rings. The minimum Gasteiger partial charge on any atom is -0.481 e. The van der Waals surface area contributed by atoms with Gasteiger partial charge in [0.15, 0.2) is 0 Å². The highest BCUT2D eigenvalue weighted by Crippen LogP contribution is 2.42. The predicted molar refractivity (Wildman–Crippen MR) is 159 cm³/mol. The molecular formula is C30H38N8O2. The van der Waals surface area contributed by atoms with Gasteiger partial charge >= 0.3 is 0 Å². The Morgan fingerprint density at radius 2 is 1.75 bits per heavy atom. The van der Waals surface area contributed by atoms with Crippen LogP contribution in [0.5, 0.6) is 5.88 Å². The summed E-state index contributed by atoms with van der Waals surface area (Å²) < 4.78 is 5.22. The van der Waals surface area contributed by atoms with Gasteiger partial charge in [-0.2, -0.15) is 9.97 Å². The molecule has 2 fully saturated rings. The van der Waals surface area contributed by atoms with Gasteiger partial charge in [-0.3, -0.25) is 4.79 Å². The number of aromatic nitrogens is 3. The van der Waals surface area contributed by atoms with Gasteiger partial charge in [-0.15, -0.1) is 6.58 Å². The Balaban J connectivity index is 1.27. The molecule has 10 heteroatoms. The zero-order valence-electron chi connectivity index (χ0n) is 23.3. The molecule has 2 saturated heterocycles. The van der Waals surface area contributed by atoms with E-state index in [1.54, 1.807) is 25.3 Å². The molecular weight excluding hydrogens is 504 g/mol. The lowest BCUT2D eigenvalue weighted by Crippen LogP contribution is -2.46. The fourth-order valence-corrected chi connectivity index (χ4v) is 5.40. The van der Waals surface area contributed by atoms with E-state index in [9.17, 15) is 4.79 Å². The van der Waals surface area contributed by atoms with Gasteiger partial charge in [0.25, 0.3) is 5.91 Å². The van der Waals surface area contributed by atoms with Crippen molar-refractivity contribution in [3.05, 3.63) is 66.9 Å². The Labute approximate surface area is 235 Å². The van der Waals surface area contributed by atoms with Crippen molar-refractivity contribution in [2.45, 2.75) is 25.7 Å². The Kier molecular flexibility index (Phi) is 8.45. The SMILES string of the molecule is C=CCNC(=O)c1cnc(Nc2ccc(N3CCC4(CCN(C)CC4)CC3)cc2)nc1Nc1cccc(OC)n1. The Bertz CT molecular complexity index is 1310. The van der Waals surface area contributed by atoms with Crippen LogP contribution in [0.4, 0.5) is 29.0 Å². The van der Waals surface area contributed by atoms with Gasteiger partial charge < -0.3 is 30.5 Å². The molecule has 1 amide bonds. The first kappa shape index (κ1) is 27.4. The predicted octanol–water partition coefficient (Wildman–Crippen LogP) is 4.60. The van der Waals surface area contributed by atoms with Crippen LogP contribution < -0.4 is 25.6 Å². The molecule has 0 atom stereocenters. The second-order valence-electron chi connectivity index (χ2n) is 10.6. The third-order valence-electron chi connectivity index (χ3n) is 7.98. The molecule has 3 N–H and O–H groups in total. The molecule has 0 saturated carbocycles. The van der Waals surface area contributed by atoms with E-state index >= 15 is 0 Å². The summed E-state index contributed by atoms with van der Waals surface area (Å²) in [5.74, 6) is 1.32. The molecule has 2 aliphatic heterocycles. The Morgan fingerprint density at radius 3 is 2.45 bits per heavy atom. The number of ether oxygens (including phenoxy) is 1. The number of benzene rings is 1. The monoisotopic (exact) mass is 542 g/mol. The molecule has 0 aliphatic carbocycles. The molecule has 40 heavy (non-hydrogen) atoms. The lowest BCUT2D eigenvalue weighted by atomic mass is 9.71. The van der Waals surface area contributed by atoms with Crippen LogP contribution in [0.1, 0.15) is 36.0 Å². The summed E-state index contributed by atoms with van der Waals surface area (Å²) >= 11 is 0. The van der Waals surface area contributed by atoms with Gasteiger partial charge in [0.05, 0.1) is 7.11 Å². The highest BCUT2D eigenvalue weighted by atomic mass is 16.5. The first-order chi connectivity index (χ1) is 19.5. The van der Waals surface area contributed by atoms with E-state index in [0.717, 1.165) is 18.8 Å². The smallest absolute Gasteiger partial charge is 0.256 e. The van der Waals surface area contributed by atoms with Gasteiger partial charge in [-0.1, -0.05) is 12.1 Å². The summed E-state index contributed by atoms with van der Waals surface area (Å²) in [4.78, 5) is 31.1. The van der Waals surface area contributed by atoms with E-state index in [0.29, 0.717) is 41.0 Å². The van der Waals surface area contributed by atoms with Crippen LogP contribution in [0.2, 0.25) is 0 Å². The quantitative estimate of drug-likeness (QED) is 0.335. The maximum absolute atomic E-state index is 12.8. The highest BCUT2D eigenvalue weighted by molar-refractivity contribution is 5.99. The van der Waals surface area contributed by atoms with Crippen LogP contribution in [-0.2, 0) is 0 Å². The molecule has 0 radical (unpaired) electrons. The number of likely N-dealkylation sites (tertiary alicyclic amines) is 1. The maximum Gasteiger partial charge on any atom is 0.256 e. The molecule has 10 nitrogen and oxygen atoms in total. The number of nitrogens with one attached hydrogen (secondary N) is 3. The first-order valence-corrected chi connectivity index (χ1v) is 13.8. The molecule has 0 unspecified atom stereocenters. The second-order valence-corrected chi connectivity index (χ2v) is 10.6. The molecule has 210 valence electrons. The lowest BCUT2D eigenvalue weighted by Gasteiger charge is -2.46. The molecule has 5 rings (SSSR count). The standard InChI is InChI=1S/C30H38N8O2/c1-4-16-31-28(39)24-21-32-29(36-27(24)35-25-6-5-7-26(34-25)40-3)33-22-8-10-23(11-9-22)38-19-14-30(15-20-38)12-17-37(2)18-13-30/h4-11,21H,1,12-20H2,2-3H3,(H,31,39)(H2,32,33,34,35,36). The van der Waals surface area contributed by atoms with Crippen LogP contribution in [0.25, 0.3) is 0 Å². The number of rotatable bonds is 9. The molecule has 2 aromatic heterocycles. The van der Waals surface area contributed by atoms with E-state index in [2.05, 4.69) is 66.5 Å². The molecule has 4 heterocycles. The number of hydrogen-bond acceptors (Lipinski definition) is 9. The lowest BCUT2D eigenvalue weighted by molar-refractivity contribution is 0.0944. The van der Waals surface area contributed by atoms with Crippen molar-refractivity contribution in [3.63, 3.8) is 0 Å². The van der Waals surface area contributed by atoms with Crippen LogP contribution in [0, 0.1) is 5.41 Å². The summed E-state index contributed by atoms with van der Waals surface area (Å²) in [7, 11) is 3.78. The van der Waals surface area contributed by atoms with Crippen LogP contribution in [0.3, 0.4) is 0 Å². The number of anilines is 5. The van der Waals surface area contributed by atoms with Crippen LogP contribution in [0.15, 0.2) is 61.3 Å². The van der Waals surface area contributed by atoms with Crippen molar-refractivity contribution in [2.24, 2.45) is 5.41 Å². The summed E-state index contributed by atoms with van der Waals surface area (Å²) in [5.41, 5.74) is 2.92. The van der Waals surface area contributed by atoms with Crippen molar-refractivity contribution in [3.8, 4) is 5.88 Å². The van der Waals surface area contributed by atoms with E-state index < -0.39 is 0 Å². The van der Waals surface area contributed by atoms with E-state index in [-0.39, 0.29) is 5.91 Å². The van der Waals surface area contributed by atoms with E-state index in [4.69, 9.17) is 4.74 Å². The minimum atomic E-state index is -0.315. The maximum atomic E-state index is 12.8. The van der Waals surface area contributed by atoms with Crippen molar-refractivity contribution in [1.82, 2.24) is 25.2 Å². The van der Waals surface area contributed by atoms with Gasteiger partial charge in [-0.25, -0.2) is 4.98 Å². The van der Waals surface area contributed by atoms with Crippen molar-refractivity contribution in [1.29, 1.82) is 0 Å². The topological polar surface area (TPSA) is 108 Å². The Morgan fingerprint density at radius 1 is 1.02 bits per heavy atom. The van der Waals surface area contributed by atoms with Crippen LogP contribution in [-0.4, -0.2) is 72.6 Å². The Hall–Kier alpha value is -4.18. The van der Waals surface area contributed by atoms with Crippen molar-refractivity contribution >= 4 is 34.9 Å². The summed E-state index contributed by atoms with van der Waals surface area (Å²) in [5, 5.41) is 9.17. The average Bonchev–Trinajstić information content (AvgIpc) is 2.99. The molecule has 0 bridgehead atoms.